The van der Waals surface area contributed by atoms with Gasteiger partial charge < -0.3 is 35.0 Å². The second-order valence-corrected chi connectivity index (χ2v) is 9.27. The van der Waals surface area contributed by atoms with Crippen molar-refractivity contribution < 1.29 is 39.8 Å². The van der Waals surface area contributed by atoms with Gasteiger partial charge in [0.15, 0.2) is 6.29 Å². The van der Waals surface area contributed by atoms with Gasteiger partial charge in [0.1, 0.15) is 35.8 Å². The van der Waals surface area contributed by atoms with Gasteiger partial charge in [-0.3, -0.25) is 4.79 Å². The molecule has 0 radical (unpaired) electrons. The third-order valence-electron chi connectivity index (χ3n) is 7.56. The molecule has 4 rings (SSSR count). The molecular weight excluding hydrogens is 368 g/mol. The van der Waals surface area contributed by atoms with E-state index in [-0.39, 0.29) is 11.7 Å². The Morgan fingerprint density at radius 1 is 1.21 bits per heavy atom. The monoisotopic (exact) mass is 398 g/mol. The Bertz CT molecular complexity index is 696. The zero-order valence-corrected chi connectivity index (χ0v) is 16.4. The summed E-state index contributed by atoms with van der Waals surface area (Å²) in [5.74, 6) is -1.27. The lowest BCUT2D eigenvalue weighted by atomic mass is 9.61. The zero-order chi connectivity index (χ0) is 20.6. The lowest BCUT2D eigenvalue weighted by molar-refractivity contribution is -0.330. The highest BCUT2D eigenvalue weighted by Gasteiger charge is 2.72. The number of hydrogen-bond donors (Lipinski definition) is 5. The molecule has 1 heterocycles. The molecule has 0 amide bonds. The van der Waals surface area contributed by atoms with Crippen molar-refractivity contribution in [3.05, 3.63) is 11.6 Å². The van der Waals surface area contributed by atoms with Crippen molar-refractivity contribution in [2.75, 3.05) is 6.61 Å². The van der Waals surface area contributed by atoms with Crippen LogP contribution in [-0.2, 0) is 14.3 Å². The van der Waals surface area contributed by atoms with E-state index in [2.05, 4.69) is 0 Å². The minimum absolute atomic E-state index is 0.0929. The van der Waals surface area contributed by atoms with Crippen molar-refractivity contribution >= 4 is 5.78 Å². The summed E-state index contributed by atoms with van der Waals surface area (Å²) < 4.78 is 11.7. The minimum atomic E-state index is -1.57. The number of carbonyl (C=O) groups excluding carboxylic acids is 1. The Kier molecular flexibility index (Phi) is 4.60. The van der Waals surface area contributed by atoms with E-state index < -0.39 is 59.8 Å². The van der Waals surface area contributed by atoms with E-state index in [1.165, 1.54) is 0 Å². The molecule has 8 heteroatoms. The Morgan fingerprint density at radius 2 is 1.86 bits per heavy atom. The second-order valence-electron chi connectivity index (χ2n) is 9.27. The van der Waals surface area contributed by atoms with Crippen LogP contribution in [0.3, 0.4) is 0 Å². The minimum Gasteiger partial charge on any atom is -0.394 e. The molecule has 8 nitrogen and oxygen atoms in total. The summed E-state index contributed by atoms with van der Waals surface area (Å²) in [5, 5.41) is 51.4. The summed E-state index contributed by atoms with van der Waals surface area (Å²) in [6.07, 6.45) is -3.27. The Morgan fingerprint density at radius 3 is 2.43 bits per heavy atom. The Labute approximate surface area is 163 Å². The molecule has 1 spiro atoms. The molecule has 3 fully saturated rings. The average Bonchev–Trinajstić information content (AvgIpc) is 3.39. The number of hydrogen-bond acceptors (Lipinski definition) is 8. The van der Waals surface area contributed by atoms with Gasteiger partial charge in [-0.2, -0.15) is 0 Å². The molecule has 0 aromatic rings. The fourth-order valence-electron chi connectivity index (χ4n) is 5.85. The molecule has 3 aliphatic carbocycles. The number of aliphatic hydroxyl groups excluding tert-OH is 4. The number of ether oxygens (including phenoxy) is 2. The highest BCUT2D eigenvalue weighted by Crippen LogP contribution is 2.68. The van der Waals surface area contributed by atoms with Crippen LogP contribution >= 0.6 is 0 Å². The maximum absolute atomic E-state index is 13.0. The van der Waals surface area contributed by atoms with Crippen LogP contribution in [0.25, 0.3) is 0 Å². The number of rotatable bonds is 3. The van der Waals surface area contributed by atoms with Crippen molar-refractivity contribution in [2.45, 2.75) is 81.9 Å². The summed E-state index contributed by atoms with van der Waals surface area (Å²) in [7, 11) is 0. The first-order valence-corrected chi connectivity index (χ1v) is 9.95. The molecule has 0 aromatic carbocycles. The smallest absolute Gasteiger partial charge is 0.187 e. The summed E-state index contributed by atoms with van der Waals surface area (Å²) in [5.41, 5.74) is -1.98. The number of fused-ring (bicyclic) bond motifs is 1. The number of carbonyl (C=O) groups is 1. The van der Waals surface area contributed by atoms with E-state index in [0.29, 0.717) is 6.42 Å². The maximum Gasteiger partial charge on any atom is 0.187 e. The van der Waals surface area contributed by atoms with Crippen LogP contribution in [0, 0.1) is 17.3 Å². The van der Waals surface area contributed by atoms with Gasteiger partial charge >= 0.3 is 0 Å². The molecule has 5 N–H and O–H groups in total. The predicted octanol–water partition coefficient (Wildman–Crippen LogP) is -0.742. The van der Waals surface area contributed by atoms with Crippen LogP contribution in [0.15, 0.2) is 11.6 Å². The van der Waals surface area contributed by atoms with Crippen molar-refractivity contribution in [3.63, 3.8) is 0 Å². The highest BCUT2D eigenvalue weighted by molar-refractivity contribution is 5.89. The van der Waals surface area contributed by atoms with E-state index in [0.717, 1.165) is 18.4 Å². The van der Waals surface area contributed by atoms with Gasteiger partial charge in [0.25, 0.3) is 0 Å². The first kappa shape index (κ1) is 20.4. The van der Waals surface area contributed by atoms with E-state index >= 15 is 0 Å². The molecule has 4 aliphatic rings. The molecular formula is C20H30O8. The standard InChI is InChI=1S/C20H30O8/c1-9-6-20(28-17-15(25)14(24)13(23)11(8-21)27-17)7-10(2)19(4-5-19)18(3,26)16(20)12(9)22/h7,9,11,13-17,21,23-26H,4-6,8H2,1-3H3/t9-,11-,13-,14+,15-,16+,17+,18+,20-/m1/s1. The third kappa shape index (κ3) is 2.52. The molecule has 1 saturated heterocycles. The Hall–Kier alpha value is -0.870. The fraction of sp³-hybridized carbons (Fsp3) is 0.850. The lowest BCUT2D eigenvalue weighted by Crippen LogP contribution is -2.64. The number of Topliss-reactive ketones (excluding diaryl/α,β-unsaturated/α-hetero) is 1. The van der Waals surface area contributed by atoms with Crippen LogP contribution in [0.1, 0.15) is 40.0 Å². The normalized spacial score (nSPS) is 52.5. The second kappa shape index (κ2) is 6.31. The van der Waals surface area contributed by atoms with Gasteiger partial charge in [-0.15, -0.1) is 0 Å². The van der Waals surface area contributed by atoms with E-state index in [1.807, 2.05) is 13.0 Å². The topological polar surface area (TPSA) is 137 Å². The quantitative estimate of drug-likeness (QED) is 0.392. The van der Waals surface area contributed by atoms with E-state index in [9.17, 15) is 30.3 Å². The summed E-state index contributed by atoms with van der Waals surface area (Å²) in [6.45, 7) is 4.83. The lowest BCUT2D eigenvalue weighted by Gasteiger charge is -2.52. The van der Waals surface area contributed by atoms with E-state index in [4.69, 9.17) is 9.47 Å². The van der Waals surface area contributed by atoms with Gasteiger partial charge in [-0.25, -0.2) is 0 Å². The summed E-state index contributed by atoms with van der Waals surface area (Å²) >= 11 is 0. The van der Waals surface area contributed by atoms with Gasteiger partial charge in [-0.1, -0.05) is 18.6 Å². The average molecular weight is 398 g/mol. The number of ketones is 1. The molecule has 9 atom stereocenters. The molecule has 1 aliphatic heterocycles. The summed E-state index contributed by atoms with van der Waals surface area (Å²) in [4.78, 5) is 13.0. The molecule has 2 saturated carbocycles. The van der Waals surface area contributed by atoms with Crippen LogP contribution < -0.4 is 0 Å². The molecule has 0 bridgehead atoms. The van der Waals surface area contributed by atoms with Gasteiger partial charge in [0.2, 0.25) is 0 Å². The van der Waals surface area contributed by atoms with Gasteiger partial charge in [0.05, 0.1) is 18.1 Å². The largest absolute Gasteiger partial charge is 0.394 e. The van der Waals surface area contributed by atoms with Gasteiger partial charge in [0, 0.05) is 11.3 Å². The molecule has 158 valence electrons. The molecule has 0 aromatic heterocycles. The summed E-state index contributed by atoms with van der Waals surface area (Å²) in [6, 6.07) is 0. The SMILES string of the molecule is CC1=C[C@]2(O[C@@H]3O[C@H](CO)[C@@H](O)[C@H](O)[C@H]3O)C[C@@H](C)C(=O)[C@H]2[C@](C)(O)C12CC2. The highest BCUT2D eigenvalue weighted by atomic mass is 16.7. The molecule has 0 unspecified atom stereocenters. The van der Waals surface area contributed by atoms with Crippen LogP contribution in [-0.4, -0.2) is 79.8 Å². The van der Waals surface area contributed by atoms with Crippen molar-refractivity contribution in [2.24, 2.45) is 17.3 Å². The van der Waals surface area contributed by atoms with E-state index in [1.54, 1.807) is 13.8 Å². The van der Waals surface area contributed by atoms with Crippen LogP contribution in [0.4, 0.5) is 0 Å². The first-order chi connectivity index (χ1) is 13.0. The van der Waals surface area contributed by atoms with Crippen molar-refractivity contribution in [3.8, 4) is 0 Å². The number of aliphatic hydroxyl groups is 5. The van der Waals surface area contributed by atoms with Crippen LogP contribution in [0.2, 0.25) is 0 Å². The maximum atomic E-state index is 13.0. The third-order valence-corrected chi connectivity index (χ3v) is 7.56. The zero-order valence-electron chi connectivity index (χ0n) is 16.4. The van der Waals surface area contributed by atoms with Crippen molar-refractivity contribution in [1.82, 2.24) is 0 Å². The van der Waals surface area contributed by atoms with Crippen LogP contribution in [0.5, 0.6) is 0 Å². The first-order valence-electron chi connectivity index (χ1n) is 9.95. The fourth-order valence-corrected chi connectivity index (χ4v) is 5.85. The molecule has 28 heavy (non-hydrogen) atoms. The van der Waals surface area contributed by atoms with Crippen molar-refractivity contribution in [1.29, 1.82) is 0 Å². The Balaban J connectivity index is 1.73. The van der Waals surface area contributed by atoms with Gasteiger partial charge in [-0.05, 0) is 33.1 Å². The predicted molar refractivity (Wildman–Crippen MR) is 95.9 cm³/mol.